The number of rotatable bonds is 10. The fourth-order valence-electron chi connectivity index (χ4n) is 6.23. The quantitative estimate of drug-likeness (QED) is 0.228. The van der Waals surface area contributed by atoms with E-state index in [-0.39, 0.29) is 36.7 Å². The van der Waals surface area contributed by atoms with Crippen LogP contribution < -0.4 is 10.6 Å². The first-order chi connectivity index (χ1) is 22.5. The SMILES string of the molecule is O=C(Nc1ncnc2c1ncn2[C@@H]1O[C@H](COCc2ccccc2C(=O)O)[C@@H]2O[C@H](/C=C/c3ccccc3)OC21)NC1CCCC1. The van der Waals surface area contributed by atoms with Crippen molar-refractivity contribution in [3.63, 3.8) is 0 Å². The van der Waals surface area contributed by atoms with Crippen molar-refractivity contribution in [3.05, 3.63) is 90.0 Å². The predicted molar refractivity (Wildman–Crippen MR) is 166 cm³/mol. The monoisotopic (exact) mass is 626 g/mol. The topological polar surface area (TPSA) is 159 Å². The smallest absolute Gasteiger partial charge is 0.336 e. The van der Waals surface area contributed by atoms with Crippen molar-refractivity contribution in [3.8, 4) is 0 Å². The summed E-state index contributed by atoms with van der Waals surface area (Å²) < 4.78 is 26.9. The normalized spacial score (nSPS) is 24.5. The molecule has 1 saturated carbocycles. The van der Waals surface area contributed by atoms with E-state index >= 15 is 0 Å². The highest BCUT2D eigenvalue weighted by Gasteiger charge is 2.53. The summed E-state index contributed by atoms with van der Waals surface area (Å²) in [5.74, 6) is -0.728. The Bertz CT molecular complexity index is 1720. The second-order valence-corrected chi connectivity index (χ2v) is 11.5. The maximum Gasteiger partial charge on any atom is 0.336 e. The second-order valence-electron chi connectivity index (χ2n) is 11.5. The maximum absolute atomic E-state index is 12.7. The summed E-state index contributed by atoms with van der Waals surface area (Å²) >= 11 is 0. The Labute approximate surface area is 264 Å². The highest BCUT2D eigenvalue weighted by Crippen LogP contribution is 2.41. The van der Waals surface area contributed by atoms with Gasteiger partial charge in [-0.15, -0.1) is 0 Å². The van der Waals surface area contributed by atoms with Crippen LogP contribution in [-0.2, 0) is 25.6 Å². The van der Waals surface area contributed by atoms with E-state index in [2.05, 4.69) is 25.6 Å². The zero-order valence-corrected chi connectivity index (χ0v) is 24.9. The summed E-state index contributed by atoms with van der Waals surface area (Å²) in [5, 5.41) is 15.4. The van der Waals surface area contributed by atoms with Crippen molar-refractivity contribution >= 4 is 35.1 Å². The lowest BCUT2D eigenvalue weighted by Gasteiger charge is -2.20. The van der Waals surface area contributed by atoms with Gasteiger partial charge in [0.05, 0.1) is 25.1 Å². The van der Waals surface area contributed by atoms with E-state index < -0.39 is 36.8 Å². The van der Waals surface area contributed by atoms with Gasteiger partial charge in [0.1, 0.15) is 24.6 Å². The standard InChI is InChI=1S/C33H34N6O7/c40-32(41)23-13-7-4-10-21(23)16-43-17-24-27-28(46-25(45-27)15-14-20-8-2-1-3-9-20)31(44-24)39-19-36-26-29(34-18-35-30(26)39)38-33(42)37-22-11-5-6-12-22/h1-4,7-10,13-15,18-19,22,24-25,27-28,31H,5-6,11-12,16-17H2,(H,40,41)(H2,34,35,37,38,42)/b15-14+/t24-,25+,27+,28?,31-/m1/s1. The lowest BCUT2D eigenvalue weighted by molar-refractivity contribution is -0.139. The van der Waals surface area contributed by atoms with Crippen molar-refractivity contribution in [1.29, 1.82) is 0 Å². The van der Waals surface area contributed by atoms with Crippen LogP contribution in [0.3, 0.4) is 0 Å². The average Bonchev–Trinajstić information content (AvgIpc) is 3.87. The molecule has 238 valence electrons. The fraction of sp³-hybridized carbons (Fsp3) is 0.364. The van der Waals surface area contributed by atoms with Gasteiger partial charge in [-0.25, -0.2) is 24.5 Å². The number of urea groups is 1. The molecule has 3 fully saturated rings. The number of carbonyl (C=O) groups excluding carboxylic acids is 1. The lowest BCUT2D eigenvalue weighted by Crippen LogP contribution is -2.36. The molecule has 1 aliphatic carbocycles. The van der Waals surface area contributed by atoms with Crippen LogP contribution >= 0.6 is 0 Å². The molecular weight excluding hydrogens is 592 g/mol. The molecule has 2 amide bonds. The number of ether oxygens (including phenoxy) is 4. The Kier molecular flexibility index (Phi) is 8.70. The van der Waals surface area contributed by atoms with E-state index in [0.717, 1.165) is 31.2 Å². The third kappa shape index (κ3) is 6.35. The van der Waals surface area contributed by atoms with Crippen LogP contribution in [0.5, 0.6) is 0 Å². The van der Waals surface area contributed by atoms with Gasteiger partial charge < -0.3 is 29.4 Å². The van der Waals surface area contributed by atoms with Crippen molar-refractivity contribution in [1.82, 2.24) is 24.8 Å². The molecule has 0 bridgehead atoms. The number of imidazole rings is 1. The first kappa shape index (κ1) is 30.0. The van der Waals surface area contributed by atoms with Gasteiger partial charge >= 0.3 is 12.0 Å². The average molecular weight is 627 g/mol. The van der Waals surface area contributed by atoms with Crippen LogP contribution in [0, 0.1) is 0 Å². The van der Waals surface area contributed by atoms with Crippen LogP contribution in [0.25, 0.3) is 17.2 Å². The number of hydrogen-bond donors (Lipinski definition) is 3. The van der Waals surface area contributed by atoms with E-state index in [0.29, 0.717) is 16.7 Å². The van der Waals surface area contributed by atoms with Gasteiger partial charge in [0.25, 0.3) is 0 Å². The first-order valence-corrected chi connectivity index (χ1v) is 15.4. The minimum Gasteiger partial charge on any atom is -0.478 e. The molecule has 2 aliphatic heterocycles. The Morgan fingerprint density at radius 3 is 2.59 bits per heavy atom. The van der Waals surface area contributed by atoms with E-state index in [1.54, 1.807) is 35.2 Å². The lowest BCUT2D eigenvalue weighted by atomic mass is 10.1. The van der Waals surface area contributed by atoms with E-state index in [1.807, 2.05) is 42.5 Å². The Morgan fingerprint density at radius 2 is 1.76 bits per heavy atom. The van der Waals surface area contributed by atoms with Crippen molar-refractivity contribution < 1.29 is 33.6 Å². The molecule has 3 N–H and O–H groups in total. The minimum absolute atomic E-state index is 0.0851. The zero-order valence-electron chi connectivity index (χ0n) is 24.9. The fourth-order valence-corrected chi connectivity index (χ4v) is 6.23. The van der Waals surface area contributed by atoms with Gasteiger partial charge in [-0.3, -0.25) is 9.88 Å². The molecule has 4 aromatic rings. The molecular formula is C33H34N6O7. The van der Waals surface area contributed by atoms with Crippen LogP contribution in [0.2, 0.25) is 0 Å². The third-order valence-corrected chi connectivity index (χ3v) is 8.46. The summed E-state index contributed by atoms with van der Waals surface area (Å²) in [5.41, 5.74) is 2.61. The molecule has 1 unspecified atom stereocenters. The number of benzene rings is 2. The number of fused-ring (bicyclic) bond motifs is 2. The molecule has 13 heteroatoms. The number of nitrogens with zero attached hydrogens (tertiary/aromatic N) is 4. The number of aromatic nitrogens is 4. The summed E-state index contributed by atoms with van der Waals surface area (Å²) in [7, 11) is 0. The van der Waals surface area contributed by atoms with Crippen LogP contribution in [0.15, 0.2) is 73.3 Å². The number of amides is 2. The van der Waals surface area contributed by atoms with Gasteiger partial charge in [-0.2, -0.15) is 0 Å². The van der Waals surface area contributed by atoms with Gasteiger partial charge in [0, 0.05) is 6.04 Å². The maximum atomic E-state index is 12.7. The summed E-state index contributed by atoms with van der Waals surface area (Å²) in [6.45, 7) is 0.210. The first-order valence-electron chi connectivity index (χ1n) is 15.4. The number of anilines is 1. The van der Waals surface area contributed by atoms with Gasteiger partial charge in [-0.05, 0) is 36.1 Å². The number of carbonyl (C=O) groups is 2. The summed E-state index contributed by atoms with van der Waals surface area (Å²) in [4.78, 5) is 37.6. The molecule has 4 heterocycles. The van der Waals surface area contributed by atoms with E-state index in [9.17, 15) is 14.7 Å². The van der Waals surface area contributed by atoms with Gasteiger partial charge in [-0.1, -0.05) is 67.4 Å². The third-order valence-electron chi connectivity index (χ3n) is 8.46. The second kappa shape index (κ2) is 13.3. The number of aromatic carboxylic acids is 1. The van der Waals surface area contributed by atoms with Gasteiger partial charge in [0.2, 0.25) is 0 Å². The van der Waals surface area contributed by atoms with E-state index in [4.69, 9.17) is 18.9 Å². The number of nitrogens with one attached hydrogen (secondary N) is 2. The van der Waals surface area contributed by atoms with Crippen LogP contribution in [0.4, 0.5) is 10.6 Å². The molecule has 46 heavy (non-hydrogen) atoms. The van der Waals surface area contributed by atoms with Crippen molar-refractivity contribution in [2.24, 2.45) is 0 Å². The Hall–Kier alpha value is -4.69. The Balaban J connectivity index is 1.11. The highest BCUT2D eigenvalue weighted by atomic mass is 16.8. The van der Waals surface area contributed by atoms with Gasteiger partial charge in [0.15, 0.2) is 29.5 Å². The summed E-state index contributed by atoms with van der Waals surface area (Å²) in [6, 6.07) is 16.4. The molecule has 2 aromatic carbocycles. The van der Waals surface area contributed by atoms with Crippen molar-refractivity contribution in [2.75, 3.05) is 11.9 Å². The largest absolute Gasteiger partial charge is 0.478 e. The molecule has 2 aromatic heterocycles. The Morgan fingerprint density at radius 1 is 0.978 bits per heavy atom. The predicted octanol–water partition coefficient (Wildman–Crippen LogP) is 4.53. The number of carboxylic acid groups (broad SMARTS) is 1. The molecule has 3 aliphatic rings. The van der Waals surface area contributed by atoms with Crippen molar-refractivity contribution in [2.45, 2.75) is 69.2 Å². The molecule has 5 atom stereocenters. The summed E-state index contributed by atoms with van der Waals surface area (Å²) in [6.07, 6.45) is 7.97. The van der Waals surface area contributed by atoms with E-state index in [1.165, 1.54) is 6.33 Å². The molecule has 0 radical (unpaired) electrons. The molecule has 2 saturated heterocycles. The molecule has 0 spiro atoms. The molecule has 13 nitrogen and oxygen atoms in total. The number of carboxylic acids is 1. The number of hydrogen-bond acceptors (Lipinski definition) is 9. The highest BCUT2D eigenvalue weighted by molar-refractivity contribution is 5.96. The minimum atomic E-state index is -1.02. The zero-order chi connectivity index (χ0) is 31.5. The van der Waals surface area contributed by atoms with Crippen LogP contribution in [0.1, 0.15) is 53.4 Å². The molecule has 7 rings (SSSR count). The van der Waals surface area contributed by atoms with Crippen LogP contribution in [-0.4, -0.2) is 73.9 Å².